The molecule has 3 heteroatoms. The molecule has 0 saturated carbocycles. The first kappa shape index (κ1) is 10.2. The molecule has 1 aliphatic rings. The first-order valence-electron chi connectivity index (χ1n) is 5.22. The van der Waals surface area contributed by atoms with Gasteiger partial charge in [0.05, 0.1) is 7.11 Å². The van der Waals surface area contributed by atoms with Gasteiger partial charge in [-0.05, 0) is 30.5 Å². The van der Waals surface area contributed by atoms with E-state index in [1.807, 2.05) is 18.2 Å². The lowest BCUT2D eigenvalue weighted by Crippen LogP contribution is -2.29. The second-order valence-electron chi connectivity index (χ2n) is 3.71. The quantitative estimate of drug-likeness (QED) is 0.705. The number of nitrogens with one attached hydrogen (secondary N) is 1. The minimum absolute atomic E-state index is 0.204. The highest BCUT2D eigenvalue weighted by Gasteiger charge is 2.24. The number of ether oxygens (including phenoxy) is 1. The van der Waals surface area contributed by atoms with Gasteiger partial charge < -0.3 is 10.1 Å². The number of carbonyl (C=O) groups is 1. The van der Waals surface area contributed by atoms with E-state index in [1.54, 1.807) is 0 Å². The number of carbonyl (C=O) groups excluding carboxylic acids is 1. The Hall–Kier alpha value is -1.35. The van der Waals surface area contributed by atoms with Crippen molar-refractivity contribution in [2.45, 2.75) is 18.9 Å². The van der Waals surface area contributed by atoms with Gasteiger partial charge in [0.2, 0.25) is 0 Å². The van der Waals surface area contributed by atoms with Crippen molar-refractivity contribution in [1.82, 2.24) is 5.32 Å². The number of hydrogen-bond donors (Lipinski definition) is 1. The highest BCUT2D eigenvalue weighted by atomic mass is 16.5. The number of benzene rings is 1. The van der Waals surface area contributed by atoms with E-state index in [1.165, 1.54) is 12.7 Å². The molecular formula is C12H15NO2. The van der Waals surface area contributed by atoms with E-state index in [9.17, 15) is 4.79 Å². The van der Waals surface area contributed by atoms with Gasteiger partial charge in [-0.2, -0.15) is 0 Å². The first-order chi connectivity index (χ1) is 7.33. The van der Waals surface area contributed by atoms with Crippen LogP contribution in [0.2, 0.25) is 0 Å². The van der Waals surface area contributed by atoms with Crippen LogP contribution in [-0.4, -0.2) is 19.6 Å². The number of methoxy groups -OCH3 is 1. The highest BCUT2D eigenvalue weighted by molar-refractivity contribution is 5.78. The molecule has 0 fully saturated rings. The van der Waals surface area contributed by atoms with Gasteiger partial charge in [-0.15, -0.1) is 0 Å². The fraction of sp³-hybridized carbons (Fsp3) is 0.417. The third-order valence-corrected chi connectivity index (χ3v) is 2.77. The fourth-order valence-electron chi connectivity index (χ4n) is 2.01. The molecule has 0 saturated heterocycles. The summed E-state index contributed by atoms with van der Waals surface area (Å²) in [6.45, 7) is 0.856. The Balaban J connectivity index is 2.37. The molecule has 1 heterocycles. The molecule has 1 aliphatic heterocycles. The van der Waals surface area contributed by atoms with Gasteiger partial charge in [0.25, 0.3) is 0 Å². The summed E-state index contributed by atoms with van der Waals surface area (Å²) in [6.07, 6.45) is 2.08. The molecule has 0 aliphatic carbocycles. The van der Waals surface area contributed by atoms with Crippen LogP contribution < -0.4 is 5.32 Å². The van der Waals surface area contributed by atoms with Crippen molar-refractivity contribution in [3.63, 3.8) is 0 Å². The molecule has 0 radical (unpaired) electrons. The Labute approximate surface area is 89.4 Å². The summed E-state index contributed by atoms with van der Waals surface area (Å²) in [6, 6.07) is 7.75. The molecule has 1 atom stereocenters. The summed E-state index contributed by atoms with van der Waals surface area (Å²) in [4.78, 5) is 11.6. The van der Waals surface area contributed by atoms with E-state index >= 15 is 0 Å². The SMILES string of the molecule is COC(=O)C1NCCCc2ccccc21. The average molecular weight is 205 g/mol. The summed E-state index contributed by atoms with van der Waals surface area (Å²) in [5, 5.41) is 3.21. The van der Waals surface area contributed by atoms with Gasteiger partial charge in [-0.1, -0.05) is 24.3 Å². The van der Waals surface area contributed by atoms with Gasteiger partial charge >= 0.3 is 5.97 Å². The molecule has 1 aromatic rings. The second-order valence-corrected chi connectivity index (χ2v) is 3.71. The maximum atomic E-state index is 11.6. The van der Waals surface area contributed by atoms with Crippen LogP contribution in [0.15, 0.2) is 24.3 Å². The molecule has 80 valence electrons. The molecule has 0 spiro atoms. The molecule has 15 heavy (non-hydrogen) atoms. The van der Waals surface area contributed by atoms with Crippen LogP contribution in [-0.2, 0) is 16.0 Å². The maximum absolute atomic E-state index is 11.6. The normalized spacial score (nSPS) is 20.2. The van der Waals surface area contributed by atoms with Crippen molar-refractivity contribution in [2.75, 3.05) is 13.7 Å². The van der Waals surface area contributed by atoms with E-state index in [-0.39, 0.29) is 12.0 Å². The van der Waals surface area contributed by atoms with Crippen LogP contribution >= 0.6 is 0 Å². The minimum atomic E-state index is -0.298. The summed E-state index contributed by atoms with van der Waals surface area (Å²) < 4.78 is 4.80. The van der Waals surface area contributed by atoms with E-state index < -0.39 is 0 Å². The third kappa shape index (κ3) is 2.02. The Morgan fingerprint density at radius 1 is 1.47 bits per heavy atom. The standard InChI is InChI=1S/C12H15NO2/c1-15-12(14)11-10-7-3-2-5-9(10)6-4-8-13-11/h2-3,5,7,11,13H,4,6,8H2,1H3. The Morgan fingerprint density at radius 3 is 3.07 bits per heavy atom. The van der Waals surface area contributed by atoms with Crippen molar-refractivity contribution >= 4 is 5.97 Å². The number of esters is 1. The van der Waals surface area contributed by atoms with Crippen LogP contribution in [0.25, 0.3) is 0 Å². The lowest BCUT2D eigenvalue weighted by atomic mass is 9.99. The lowest BCUT2D eigenvalue weighted by Gasteiger charge is -2.15. The molecule has 1 unspecified atom stereocenters. The largest absolute Gasteiger partial charge is 0.468 e. The zero-order valence-electron chi connectivity index (χ0n) is 8.82. The molecular weight excluding hydrogens is 190 g/mol. The van der Waals surface area contributed by atoms with Crippen LogP contribution in [0.3, 0.4) is 0 Å². The van der Waals surface area contributed by atoms with Gasteiger partial charge in [0.15, 0.2) is 0 Å². The zero-order chi connectivity index (χ0) is 10.7. The predicted molar refractivity (Wildman–Crippen MR) is 57.5 cm³/mol. The van der Waals surface area contributed by atoms with Crippen LogP contribution in [0.5, 0.6) is 0 Å². The van der Waals surface area contributed by atoms with Gasteiger partial charge in [0, 0.05) is 0 Å². The van der Waals surface area contributed by atoms with Crippen molar-refractivity contribution in [3.05, 3.63) is 35.4 Å². The van der Waals surface area contributed by atoms with Gasteiger partial charge in [-0.25, -0.2) is 4.79 Å². The summed E-state index contributed by atoms with van der Waals surface area (Å²) in [5.74, 6) is -0.204. The van der Waals surface area contributed by atoms with E-state index in [0.29, 0.717) is 0 Å². The second kappa shape index (κ2) is 4.45. The number of hydrogen-bond acceptors (Lipinski definition) is 3. The topological polar surface area (TPSA) is 38.3 Å². The van der Waals surface area contributed by atoms with E-state index in [0.717, 1.165) is 24.9 Å². The van der Waals surface area contributed by atoms with Gasteiger partial charge in [0.1, 0.15) is 6.04 Å². The fourth-order valence-corrected chi connectivity index (χ4v) is 2.01. The van der Waals surface area contributed by atoms with Gasteiger partial charge in [-0.3, -0.25) is 0 Å². The van der Waals surface area contributed by atoms with Crippen molar-refractivity contribution in [3.8, 4) is 0 Å². The van der Waals surface area contributed by atoms with E-state index in [2.05, 4.69) is 11.4 Å². The van der Waals surface area contributed by atoms with Crippen LogP contribution in [0, 0.1) is 0 Å². The highest BCUT2D eigenvalue weighted by Crippen LogP contribution is 2.23. The summed E-state index contributed by atoms with van der Waals surface area (Å²) >= 11 is 0. The Kier molecular flexibility index (Phi) is 3.02. The van der Waals surface area contributed by atoms with E-state index in [4.69, 9.17) is 4.74 Å². The molecule has 1 N–H and O–H groups in total. The smallest absolute Gasteiger partial charge is 0.327 e. The molecule has 0 bridgehead atoms. The molecule has 3 nitrogen and oxygen atoms in total. The lowest BCUT2D eigenvalue weighted by molar-refractivity contribution is -0.143. The van der Waals surface area contributed by atoms with Crippen molar-refractivity contribution in [1.29, 1.82) is 0 Å². The molecule has 0 amide bonds. The first-order valence-corrected chi connectivity index (χ1v) is 5.22. The third-order valence-electron chi connectivity index (χ3n) is 2.77. The Morgan fingerprint density at radius 2 is 2.27 bits per heavy atom. The maximum Gasteiger partial charge on any atom is 0.327 e. The predicted octanol–water partition coefficient (Wildman–Crippen LogP) is 1.44. The summed E-state index contributed by atoms with van der Waals surface area (Å²) in [5.41, 5.74) is 2.31. The minimum Gasteiger partial charge on any atom is -0.468 e. The van der Waals surface area contributed by atoms with Crippen LogP contribution in [0.1, 0.15) is 23.6 Å². The molecule has 0 aromatic heterocycles. The molecule has 2 rings (SSSR count). The Bertz CT molecular complexity index is 362. The number of rotatable bonds is 1. The molecule has 1 aromatic carbocycles. The summed E-state index contributed by atoms with van der Waals surface area (Å²) in [7, 11) is 1.43. The number of fused-ring (bicyclic) bond motifs is 1. The monoisotopic (exact) mass is 205 g/mol. The van der Waals surface area contributed by atoms with Crippen molar-refractivity contribution < 1.29 is 9.53 Å². The zero-order valence-corrected chi connectivity index (χ0v) is 8.82. The number of aryl methyl sites for hydroxylation is 1. The average Bonchev–Trinajstić information content (AvgIpc) is 2.50. The van der Waals surface area contributed by atoms with Crippen molar-refractivity contribution in [2.24, 2.45) is 0 Å². The van der Waals surface area contributed by atoms with Crippen LogP contribution in [0.4, 0.5) is 0 Å².